The number of aryl methyl sites for hydroxylation is 1. The van der Waals surface area contributed by atoms with Crippen LogP contribution in [0.3, 0.4) is 0 Å². The second-order valence-electron chi connectivity index (χ2n) is 9.63. The summed E-state index contributed by atoms with van der Waals surface area (Å²) < 4.78 is 10.7. The molecule has 8 nitrogen and oxygen atoms in total. The number of nitrogens with zero attached hydrogens (tertiary/aromatic N) is 1. The van der Waals surface area contributed by atoms with Gasteiger partial charge in [-0.25, -0.2) is 4.79 Å². The molecule has 0 radical (unpaired) electrons. The van der Waals surface area contributed by atoms with Crippen LogP contribution in [-0.4, -0.2) is 36.5 Å². The first-order valence-corrected chi connectivity index (χ1v) is 13.4. The summed E-state index contributed by atoms with van der Waals surface area (Å²) >= 11 is 12.7. The molecule has 1 heterocycles. The number of amides is 1. The van der Waals surface area contributed by atoms with Gasteiger partial charge < -0.3 is 20.3 Å². The van der Waals surface area contributed by atoms with E-state index >= 15 is 0 Å². The average molecular weight is 581 g/mol. The quantitative estimate of drug-likeness (QED) is 0.254. The van der Waals surface area contributed by atoms with Crippen LogP contribution in [0.25, 0.3) is 5.70 Å². The summed E-state index contributed by atoms with van der Waals surface area (Å²) in [6, 6.07) is 14.6. The van der Waals surface area contributed by atoms with Crippen molar-refractivity contribution in [2.24, 2.45) is 11.7 Å². The van der Waals surface area contributed by atoms with Crippen molar-refractivity contribution in [3.05, 3.63) is 86.9 Å². The van der Waals surface area contributed by atoms with Gasteiger partial charge in [-0.05, 0) is 67.3 Å². The predicted molar refractivity (Wildman–Crippen MR) is 152 cm³/mol. The van der Waals surface area contributed by atoms with E-state index in [0.717, 1.165) is 18.4 Å². The first-order valence-electron chi connectivity index (χ1n) is 12.7. The van der Waals surface area contributed by atoms with Crippen LogP contribution in [-0.2, 0) is 20.7 Å². The molecule has 1 aliphatic heterocycles. The van der Waals surface area contributed by atoms with Gasteiger partial charge in [0.25, 0.3) is 0 Å². The van der Waals surface area contributed by atoms with E-state index in [-0.39, 0.29) is 47.6 Å². The Balaban J connectivity index is 1.43. The van der Waals surface area contributed by atoms with Crippen molar-refractivity contribution in [1.29, 1.82) is 0 Å². The topological polar surface area (TPSA) is 119 Å². The van der Waals surface area contributed by atoms with Gasteiger partial charge >= 0.3 is 5.97 Å². The van der Waals surface area contributed by atoms with E-state index in [1.165, 1.54) is 24.1 Å². The van der Waals surface area contributed by atoms with Crippen LogP contribution in [0.1, 0.15) is 40.7 Å². The Morgan fingerprint density at radius 2 is 1.77 bits per heavy atom. The number of halogens is 2. The molecule has 0 unspecified atom stereocenters. The average Bonchev–Trinajstić information content (AvgIpc) is 3.78. The molecule has 2 aliphatic rings. The molecule has 1 aliphatic carbocycles. The predicted octanol–water partition coefficient (Wildman–Crippen LogP) is 5.82. The van der Waals surface area contributed by atoms with Gasteiger partial charge in [0, 0.05) is 24.0 Å². The summed E-state index contributed by atoms with van der Waals surface area (Å²) in [4.78, 5) is 39.4. The van der Waals surface area contributed by atoms with E-state index in [9.17, 15) is 19.5 Å². The fraction of sp³-hybridized carbons (Fsp3) is 0.233. The highest BCUT2D eigenvalue weighted by atomic mass is 35.5. The van der Waals surface area contributed by atoms with Crippen molar-refractivity contribution in [3.63, 3.8) is 0 Å². The summed E-state index contributed by atoms with van der Waals surface area (Å²) in [5, 5.41) is 11.0. The summed E-state index contributed by atoms with van der Waals surface area (Å²) in [6.07, 6.45) is 2.31. The number of esters is 1. The third-order valence-corrected chi connectivity index (χ3v) is 7.61. The lowest BCUT2D eigenvalue weighted by Crippen LogP contribution is -2.30. The van der Waals surface area contributed by atoms with Crippen molar-refractivity contribution in [1.82, 2.24) is 0 Å². The lowest BCUT2D eigenvalue weighted by Gasteiger charge is -2.30. The second-order valence-corrected chi connectivity index (χ2v) is 10.4. The Labute approximate surface area is 240 Å². The lowest BCUT2D eigenvalue weighted by molar-refractivity contribution is -0.118. The van der Waals surface area contributed by atoms with Crippen LogP contribution >= 0.6 is 23.2 Å². The number of hydrogen-bond donors (Lipinski definition) is 2. The van der Waals surface area contributed by atoms with Crippen molar-refractivity contribution < 1.29 is 29.0 Å². The van der Waals surface area contributed by atoms with E-state index in [2.05, 4.69) is 4.74 Å². The van der Waals surface area contributed by atoms with E-state index in [1.807, 2.05) is 6.07 Å². The molecule has 206 valence electrons. The summed E-state index contributed by atoms with van der Waals surface area (Å²) in [5.41, 5.74) is 9.24. The number of aromatic hydroxyl groups is 1. The van der Waals surface area contributed by atoms with Gasteiger partial charge in [0.05, 0.1) is 39.8 Å². The van der Waals surface area contributed by atoms with Gasteiger partial charge in [-0.1, -0.05) is 29.3 Å². The number of anilines is 2. The number of carbonyl (C=O) groups is 3. The van der Waals surface area contributed by atoms with Crippen molar-refractivity contribution in [2.75, 3.05) is 18.6 Å². The van der Waals surface area contributed by atoms with E-state index in [1.54, 1.807) is 36.4 Å². The molecule has 1 amide bonds. The van der Waals surface area contributed by atoms with Crippen molar-refractivity contribution in [3.8, 4) is 11.5 Å². The fourth-order valence-electron chi connectivity index (χ4n) is 4.72. The molecule has 3 aromatic carbocycles. The molecule has 0 atom stereocenters. The first-order chi connectivity index (χ1) is 19.2. The molecule has 10 heteroatoms. The second kappa shape index (κ2) is 11.2. The Morgan fingerprint density at radius 3 is 2.42 bits per heavy atom. The summed E-state index contributed by atoms with van der Waals surface area (Å²) in [5.74, 6) is -0.809. The number of ketones is 1. The number of methoxy groups -OCH3 is 1. The SMILES string of the molecule is COC(=O)c1ccc(N2C(=O)CCc3cc(OCC(C(=O)C4CC4)=C(N)c4c(Cl)cccc4Cl)ccc32)cc1O. The highest BCUT2D eigenvalue weighted by Crippen LogP contribution is 2.39. The normalized spacial score (nSPS) is 15.3. The molecule has 3 N–H and O–H groups in total. The molecule has 1 fully saturated rings. The number of rotatable bonds is 8. The molecule has 0 aromatic heterocycles. The van der Waals surface area contributed by atoms with Crippen molar-refractivity contribution in [2.45, 2.75) is 25.7 Å². The molecule has 0 spiro atoms. The van der Waals surface area contributed by atoms with E-state index < -0.39 is 5.97 Å². The van der Waals surface area contributed by atoms with Gasteiger partial charge in [-0.2, -0.15) is 0 Å². The molecular weight excluding hydrogens is 555 g/mol. The molecule has 5 rings (SSSR count). The highest BCUT2D eigenvalue weighted by molar-refractivity contribution is 6.37. The van der Waals surface area contributed by atoms with E-state index in [0.29, 0.717) is 44.7 Å². The molecule has 3 aromatic rings. The highest BCUT2D eigenvalue weighted by Gasteiger charge is 2.34. The van der Waals surface area contributed by atoms with E-state index in [4.69, 9.17) is 33.7 Å². The number of phenolic OH excluding ortho intramolecular Hbond substituents is 1. The number of ether oxygens (including phenoxy) is 2. The summed E-state index contributed by atoms with van der Waals surface area (Å²) in [6.45, 7) is -0.0764. The van der Waals surface area contributed by atoms with Crippen LogP contribution in [0, 0.1) is 5.92 Å². The molecule has 0 saturated heterocycles. The molecule has 40 heavy (non-hydrogen) atoms. The van der Waals surface area contributed by atoms with Crippen LogP contribution in [0.15, 0.2) is 60.2 Å². The van der Waals surface area contributed by atoms with Gasteiger partial charge in [-0.15, -0.1) is 0 Å². The third kappa shape index (κ3) is 5.37. The number of hydrogen-bond acceptors (Lipinski definition) is 7. The standard InChI is InChI=1S/C30H26Cl2N2O6/c1-39-30(38)20-10-8-18(14-25(20)35)34-24-11-9-19(13-17(24)7-12-26(34)36)40-15-21(29(37)16-5-6-16)28(33)27-22(31)3-2-4-23(27)32/h2-4,8-11,13-14,16,35H,5-7,12,15,33H2,1H3. The van der Waals surface area contributed by atoms with Gasteiger partial charge in [-0.3, -0.25) is 14.5 Å². The molecular formula is C30H26Cl2N2O6. The lowest BCUT2D eigenvalue weighted by atomic mass is 9.99. The smallest absolute Gasteiger partial charge is 0.341 e. The minimum atomic E-state index is -0.678. The maximum absolute atomic E-state index is 13.1. The van der Waals surface area contributed by atoms with Crippen molar-refractivity contribution >= 4 is 57.9 Å². The van der Waals surface area contributed by atoms with Crippen LogP contribution in [0.4, 0.5) is 11.4 Å². The minimum absolute atomic E-state index is 0.00151. The van der Waals surface area contributed by atoms with Crippen LogP contribution in [0.5, 0.6) is 11.5 Å². The minimum Gasteiger partial charge on any atom is -0.507 e. The maximum atomic E-state index is 13.1. The molecule has 1 saturated carbocycles. The number of fused-ring (bicyclic) bond motifs is 1. The zero-order valence-corrected chi connectivity index (χ0v) is 23.1. The monoisotopic (exact) mass is 580 g/mol. The Kier molecular flexibility index (Phi) is 7.74. The molecule has 0 bridgehead atoms. The largest absolute Gasteiger partial charge is 0.507 e. The van der Waals surface area contributed by atoms with Gasteiger partial charge in [0.15, 0.2) is 5.78 Å². The Hall–Kier alpha value is -4.01. The first kappa shape index (κ1) is 27.6. The van der Waals surface area contributed by atoms with Gasteiger partial charge in [0.1, 0.15) is 23.7 Å². The van der Waals surface area contributed by atoms with Crippen LogP contribution in [0.2, 0.25) is 10.0 Å². The third-order valence-electron chi connectivity index (χ3n) is 6.98. The fourth-order valence-corrected chi connectivity index (χ4v) is 5.32. The maximum Gasteiger partial charge on any atom is 0.341 e. The van der Waals surface area contributed by atoms with Gasteiger partial charge in [0.2, 0.25) is 5.91 Å². The Bertz CT molecular complexity index is 1540. The number of benzene rings is 3. The summed E-state index contributed by atoms with van der Waals surface area (Å²) in [7, 11) is 1.22. The number of carbonyl (C=O) groups excluding carboxylic acids is 3. The number of phenols is 1. The number of Topliss-reactive ketones (excluding diaryl/α,β-unsaturated/α-hetero) is 1. The Morgan fingerprint density at radius 1 is 1.05 bits per heavy atom. The van der Waals surface area contributed by atoms with Crippen LogP contribution < -0.4 is 15.4 Å². The zero-order chi connectivity index (χ0) is 28.6. The zero-order valence-electron chi connectivity index (χ0n) is 21.6. The number of nitrogens with two attached hydrogens (primary N) is 1.